The Balaban J connectivity index is 1.53. The monoisotopic (exact) mass is 492 g/mol. The van der Waals surface area contributed by atoms with Crippen LogP contribution in [-0.4, -0.2) is 30.3 Å². The number of nitrogens with one attached hydrogen (secondary N) is 1. The fraction of sp³-hybridized carbons (Fsp3) is 0.231. The van der Waals surface area contributed by atoms with Crippen LogP contribution in [0.25, 0.3) is 27.7 Å². The summed E-state index contributed by atoms with van der Waals surface area (Å²) in [7, 11) is 0. The summed E-state index contributed by atoms with van der Waals surface area (Å²) in [5.41, 5.74) is 1.02. The number of hydrogen-bond donors (Lipinski definition) is 1. The fourth-order valence-corrected chi connectivity index (χ4v) is 4.25. The van der Waals surface area contributed by atoms with Gasteiger partial charge in [0.05, 0.1) is 17.4 Å². The number of rotatable bonds is 5. The van der Waals surface area contributed by atoms with Crippen molar-refractivity contribution in [2.24, 2.45) is 0 Å². The van der Waals surface area contributed by atoms with E-state index in [1.165, 1.54) is 6.07 Å². The van der Waals surface area contributed by atoms with Gasteiger partial charge in [0.2, 0.25) is 0 Å². The minimum Gasteiger partial charge on any atom is -0.344 e. The molecule has 10 heteroatoms. The minimum atomic E-state index is -4.70. The lowest BCUT2D eigenvalue weighted by Gasteiger charge is -2.12. The van der Waals surface area contributed by atoms with E-state index in [0.29, 0.717) is 16.6 Å². The summed E-state index contributed by atoms with van der Waals surface area (Å²) in [6.45, 7) is 6.25. The second-order valence-electron chi connectivity index (χ2n) is 8.61. The Morgan fingerprint density at radius 3 is 2.50 bits per heavy atom. The van der Waals surface area contributed by atoms with Crippen molar-refractivity contribution in [1.29, 1.82) is 0 Å². The van der Waals surface area contributed by atoms with Gasteiger partial charge in [0.1, 0.15) is 0 Å². The number of nitrogens with zero attached hydrogens (tertiary/aromatic N) is 5. The molecule has 0 spiro atoms. The van der Waals surface area contributed by atoms with Crippen LogP contribution in [0.1, 0.15) is 47.3 Å². The molecule has 1 unspecified atom stereocenters. The van der Waals surface area contributed by atoms with E-state index in [9.17, 15) is 18.0 Å². The number of halogens is 3. The third kappa shape index (κ3) is 4.30. The van der Waals surface area contributed by atoms with Crippen molar-refractivity contribution >= 4 is 22.3 Å². The van der Waals surface area contributed by atoms with Crippen LogP contribution in [0.3, 0.4) is 0 Å². The molecule has 2 aromatic carbocycles. The Morgan fingerprint density at radius 1 is 1.06 bits per heavy atom. The summed E-state index contributed by atoms with van der Waals surface area (Å²) in [6.07, 6.45) is -2.87. The number of benzene rings is 2. The lowest BCUT2D eigenvalue weighted by molar-refractivity contribution is -0.142. The zero-order chi connectivity index (χ0) is 25.6. The van der Waals surface area contributed by atoms with E-state index in [4.69, 9.17) is 0 Å². The van der Waals surface area contributed by atoms with Crippen molar-refractivity contribution in [3.63, 3.8) is 0 Å². The maximum Gasteiger partial charge on any atom is 0.433 e. The van der Waals surface area contributed by atoms with Crippen LogP contribution in [0.2, 0.25) is 0 Å². The normalized spacial score (nSPS) is 12.8. The molecule has 0 aliphatic rings. The second kappa shape index (κ2) is 8.78. The Morgan fingerprint density at radius 2 is 1.81 bits per heavy atom. The molecule has 0 aliphatic heterocycles. The molecule has 0 aliphatic carbocycles. The lowest BCUT2D eigenvalue weighted by atomic mass is 10.0. The SMILES string of the molecule is CCn1cc(C(C)NC(=O)c2cc3nc(-c4ccc5ccccc5c4)cc(C(F)(F)F)n3n2)c(C)n1. The largest absolute Gasteiger partial charge is 0.433 e. The van der Waals surface area contributed by atoms with Crippen LogP contribution in [-0.2, 0) is 12.7 Å². The number of alkyl halides is 3. The van der Waals surface area contributed by atoms with Crippen LogP contribution < -0.4 is 5.32 Å². The summed E-state index contributed by atoms with van der Waals surface area (Å²) in [4.78, 5) is 17.3. The summed E-state index contributed by atoms with van der Waals surface area (Å²) in [5.74, 6) is -0.600. The number of amides is 1. The van der Waals surface area contributed by atoms with Gasteiger partial charge < -0.3 is 5.32 Å². The Labute approximate surface area is 204 Å². The van der Waals surface area contributed by atoms with Gasteiger partial charge in [0.15, 0.2) is 17.0 Å². The van der Waals surface area contributed by atoms with E-state index in [2.05, 4.69) is 20.5 Å². The first kappa shape index (κ1) is 23.5. The second-order valence-corrected chi connectivity index (χ2v) is 8.61. The van der Waals surface area contributed by atoms with Crippen LogP contribution in [0.15, 0.2) is 60.8 Å². The van der Waals surface area contributed by atoms with Gasteiger partial charge in [0, 0.05) is 29.9 Å². The van der Waals surface area contributed by atoms with Crippen molar-refractivity contribution in [1.82, 2.24) is 29.7 Å². The first-order valence-corrected chi connectivity index (χ1v) is 11.5. The van der Waals surface area contributed by atoms with Crippen molar-refractivity contribution in [2.45, 2.75) is 39.5 Å². The zero-order valence-corrected chi connectivity index (χ0v) is 19.8. The molecule has 0 bridgehead atoms. The summed E-state index contributed by atoms with van der Waals surface area (Å²) >= 11 is 0. The van der Waals surface area contributed by atoms with Gasteiger partial charge in [-0.15, -0.1) is 0 Å². The topological polar surface area (TPSA) is 77.1 Å². The zero-order valence-electron chi connectivity index (χ0n) is 19.8. The van der Waals surface area contributed by atoms with Crippen LogP contribution in [0, 0.1) is 6.92 Å². The highest BCUT2D eigenvalue weighted by molar-refractivity contribution is 5.93. The Hall–Kier alpha value is -4.21. The third-order valence-electron chi connectivity index (χ3n) is 6.12. The average molecular weight is 493 g/mol. The summed E-state index contributed by atoms with van der Waals surface area (Å²) in [6, 6.07) is 14.7. The smallest absolute Gasteiger partial charge is 0.344 e. The first-order valence-electron chi connectivity index (χ1n) is 11.5. The summed E-state index contributed by atoms with van der Waals surface area (Å²) in [5, 5.41) is 13.0. The van der Waals surface area contributed by atoms with Crippen molar-refractivity contribution in [3.05, 3.63) is 83.4 Å². The molecule has 5 aromatic rings. The van der Waals surface area contributed by atoms with Gasteiger partial charge in [-0.05, 0) is 43.7 Å². The van der Waals surface area contributed by atoms with Gasteiger partial charge in [-0.25, -0.2) is 9.50 Å². The average Bonchev–Trinajstić information content (AvgIpc) is 3.45. The number of fused-ring (bicyclic) bond motifs is 2. The quantitative estimate of drug-likeness (QED) is 0.347. The van der Waals surface area contributed by atoms with E-state index < -0.39 is 23.8 Å². The number of aromatic nitrogens is 5. The maximum absolute atomic E-state index is 14.0. The highest BCUT2D eigenvalue weighted by Crippen LogP contribution is 2.33. The van der Waals surface area contributed by atoms with E-state index in [1.807, 2.05) is 50.4 Å². The number of aryl methyl sites for hydroxylation is 2. The molecule has 3 heterocycles. The third-order valence-corrected chi connectivity index (χ3v) is 6.12. The van der Waals surface area contributed by atoms with Crippen molar-refractivity contribution in [3.8, 4) is 11.3 Å². The Kier molecular flexibility index (Phi) is 5.74. The van der Waals surface area contributed by atoms with E-state index in [1.54, 1.807) is 23.7 Å². The molecule has 7 nitrogen and oxygen atoms in total. The van der Waals surface area contributed by atoms with Crippen LogP contribution in [0.4, 0.5) is 13.2 Å². The van der Waals surface area contributed by atoms with E-state index in [0.717, 1.165) is 28.1 Å². The number of carbonyl (C=O) groups is 1. The molecule has 5 rings (SSSR count). The molecule has 36 heavy (non-hydrogen) atoms. The molecule has 1 N–H and O–H groups in total. The molecule has 0 fully saturated rings. The van der Waals surface area contributed by atoms with Gasteiger partial charge in [-0.1, -0.05) is 36.4 Å². The number of hydrogen-bond acceptors (Lipinski definition) is 4. The predicted molar refractivity (Wildman–Crippen MR) is 129 cm³/mol. The van der Waals surface area contributed by atoms with Gasteiger partial charge >= 0.3 is 6.18 Å². The van der Waals surface area contributed by atoms with Crippen molar-refractivity contribution < 1.29 is 18.0 Å². The Bertz CT molecular complexity index is 1600. The van der Waals surface area contributed by atoms with Crippen LogP contribution >= 0.6 is 0 Å². The molecule has 0 saturated heterocycles. The highest BCUT2D eigenvalue weighted by atomic mass is 19.4. The maximum atomic E-state index is 14.0. The fourth-order valence-electron chi connectivity index (χ4n) is 4.25. The molecule has 184 valence electrons. The van der Waals surface area contributed by atoms with Crippen LogP contribution in [0.5, 0.6) is 0 Å². The van der Waals surface area contributed by atoms with Gasteiger partial charge in [-0.3, -0.25) is 9.48 Å². The molecular formula is C26H23F3N6O. The van der Waals surface area contributed by atoms with Gasteiger partial charge in [0.25, 0.3) is 5.91 Å². The standard InChI is InChI=1S/C26H23F3N6O/c1-4-34-14-20(16(3)32-34)15(2)30-25(36)22-13-24-31-21(12-23(26(27,28)29)35(24)33-22)19-10-9-17-7-5-6-8-18(17)11-19/h5-15H,4H2,1-3H3,(H,30,36). The molecular weight excluding hydrogens is 469 g/mol. The minimum absolute atomic E-state index is 0.0687. The molecule has 0 saturated carbocycles. The number of carbonyl (C=O) groups excluding carboxylic acids is 1. The van der Waals surface area contributed by atoms with Crippen molar-refractivity contribution in [2.75, 3.05) is 0 Å². The lowest BCUT2D eigenvalue weighted by Crippen LogP contribution is -2.27. The van der Waals surface area contributed by atoms with E-state index >= 15 is 0 Å². The highest BCUT2D eigenvalue weighted by Gasteiger charge is 2.36. The summed E-state index contributed by atoms with van der Waals surface area (Å²) < 4.78 is 44.4. The molecule has 3 aromatic heterocycles. The van der Waals surface area contributed by atoms with Gasteiger partial charge in [-0.2, -0.15) is 23.4 Å². The molecule has 1 amide bonds. The van der Waals surface area contributed by atoms with E-state index in [-0.39, 0.29) is 17.0 Å². The molecule has 1 atom stereocenters. The first-order chi connectivity index (χ1) is 17.1. The molecule has 0 radical (unpaired) electrons. The predicted octanol–water partition coefficient (Wildman–Crippen LogP) is 5.58.